The third-order valence-corrected chi connectivity index (χ3v) is 5.49. The first-order valence-corrected chi connectivity index (χ1v) is 10.5. The fourth-order valence-electron chi connectivity index (χ4n) is 3.62. The highest BCUT2D eigenvalue weighted by Gasteiger charge is 2.29. The Morgan fingerprint density at radius 1 is 0.800 bits per heavy atom. The molecule has 0 radical (unpaired) electrons. The normalized spacial score (nSPS) is 13.1. The zero-order chi connectivity index (χ0) is 20.8. The fourth-order valence-corrected chi connectivity index (χ4v) is 3.62. The maximum absolute atomic E-state index is 12.6. The van der Waals surface area contributed by atoms with Crippen LogP contribution in [0.4, 0.5) is 5.69 Å². The Morgan fingerprint density at radius 3 is 1.90 bits per heavy atom. The van der Waals surface area contributed by atoms with E-state index < -0.39 is 0 Å². The highest BCUT2D eigenvalue weighted by atomic mass is 16.2. The average Bonchev–Trinajstić information content (AvgIpc) is 3.64. The number of carbonyl (C=O) groups excluding carboxylic acids is 2. The fraction of sp³-hybridized carbons (Fsp3) is 0.231. The van der Waals surface area contributed by atoms with Crippen molar-refractivity contribution in [2.45, 2.75) is 25.2 Å². The monoisotopic (exact) mass is 398 g/mol. The van der Waals surface area contributed by atoms with Gasteiger partial charge in [0.25, 0.3) is 5.91 Å². The molecule has 4 rings (SSSR count). The molecule has 3 aromatic carbocycles. The molecule has 1 fully saturated rings. The molecule has 4 nitrogen and oxygen atoms in total. The number of anilines is 1. The van der Waals surface area contributed by atoms with Gasteiger partial charge in [-0.15, -0.1) is 0 Å². The van der Waals surface area contributed by atoms with E-state index in [0.29, 0.717) is 12.1 Å². The van der Waals surface area contributed by atoms with Gasteiger partial charge in [0.05, 0.1) is 0 Å². The van der Waals surface area contributed by atoms with Crippen LogP contribution in [-0.4, -0.2) is 18.4 Å². The smallest absolute Gasteiger partial charge is 0.251 e. The molecule has 4 heteroatoms. The first kappa shape index (κ1) is 19.9. The van der Waals surface area contributed by atoms with Gasteiger partial charge in [0.1, 0.15) is 0 Å². The molecule has 2 amide bonds. The summed E-state index contributed by atoms with van der Waals surface area (Å²) in [4.78, 5) is 24.4. The first-order chi connectivity index (χ1) is 14.7. The van der Waals surface area contributed by atoms with Crippen molar-refractivity contribution in [3.05, 3.63) is 102 Å². The number of nitrogens with one attached hydrogen (secondary N) is 2. The summed E-state index contributed by atoms with van der Waals surface area (Å²) in [5.41, 5.74) is 3.81. The molecule has 0 aromatic heterocycles. The molecule has 1 saturated carbocycles. The highest BCUT2D eigenvalue weighted by Crippen LogP contribution is 2.30. The van der Waals surface area contributed by atoms with Crippen molar-refractivity contribution >= 4 is 17.5 Å². The van der Waals surface area contributed by atoms with Crippen molar-refractivity contribution < 1.29 is 9.59 Å². The SMILES string of the molecule is O=C(NCCC(c1ccccc1)c1ccccc1)c1ccc(NC(=O)C2CC2)cc1. The highest BCUT2D eigenvalue weighted by molar-refractivity contribution is 5.96. The second-order valence-corrected chi connectivity index (χ2v) is 7.76. The van der Waals surface area contributed by atoms with E-state index in [9.17, 15) is 9.59 Å². The van der Waals surface area contributed by atoms with E-state index in [2.05, 4.69) is 34.9 Å². The predicted octanol–water partition coefficient (Wildman–Crippen LogP) is 4.99. The summed E-state index contributed by atoms with van der Waals surface area (Å²) >= 11 is 0. The van der Waals surface area contributed by atoms with Crippen LogP contribution in [0.3, 0.4) is 0 Å². The van der Waals surface area contributed by atoms with Crippen LogP contribution in [0, 0.1) is 5.92 Å². The molecule has 1 aliphatic carbocycles. The topological polar surface area (TPSA) is 58.2 Å². The number of rotatable bonds is 8. The number of benzene rings is 3. The number of carbonyl (C=O) groups is 2. The summed E-state index contributed by atoms with van der Waals surface area (Å²) in [7, 11) is 0. The van der Waals surface area contributed by atoms with Crippen molar-refractivity contribution in [2.75, 3.05) is 11.9 Å². The van der Waals surface area contributed by atoms with Crippen molar-refractivity contribution in [1.82, 2.24) is 5.32 Å². The third-order valence-electron chi connectivity index (χ3n) is 5.49. The van der Waals surface area contributed by atoms with Gasteiger partial charge in [-0.3, -0.25) is 9.59 Å². The van der Waals surface area contributed by atoms with E-state index in [0.717, 1.165) is 24.9 Å². The molecular weight excluding hydrogens is 372 g/mol. The molecule has 0 heterocycles. The van der Waals surface area contributed by atoms with Crippen LogP contribution in [0.5, 0.6) is 0 Å². The summed E-state index contributed by atoms with van der Waals surface area (Å²) in [6, 6.07) is 27.8. The molecule has 0 saturated heterocycles. The van der Waals surface area contributed by atoms with Gasteiger partial charge in [0, 0.05) is 29.6 Å². The molecule has 2 N–H and O–H groups in total. The molecule has 0 spiro atoms. The number of hydrogen-bond acceptors (Lipinski definition) is 2. The lowest BCUT2D eigenvalue weighted by atomic mass is 9.88. The minimum atomic E-state index is -0.102. The standard InChI is InChI=1S/C26H26N2O2/c29-25(21-13-15-23(16-14-21)28-26(30)22-11-12-22)27-18-17-24(19-7-3-1-4-8-19)20-9-5-2-6-10-20/h1-10,13-16,22,24H,11-12,17-18H2,(H,27,29)(H,28,30). The second-order valence-electron chi connectivity index (χ2n) is 7.76. The van der Waals surface area contributed by atoms with E-state index in [-0.39, 0.29) is 23.7 Å². The quantitative estimate of drug-likeness (QED) is 0.562. The van der Waals surface area contributed by atoms with Crippen LogP contribution in [0.25, 0.3) is 0 Å². The van der Waals surface area contributed by atoms with Gasteiger partial charge >= 0.3 is 0 Å². The first-order valence-electron chi connectivity index (χ1n) is 10.5. The van der Waals surface area contributed by atoms with Crippen LogP contribution in [0.1, 0.15) is 46.7 Å². The van der Waals surface area contributed by atoms with Gasteiger partial charge in [0.15, 0.2) is 0 Å². The summed E-state index contributed by atoms with van der Waals surface area (Å²) in [6.45, 7) is 0.577. The van der Waals surface area contributed by atoms with E-state index in [1.54, 1.807) is 24.3 Å². The van der Waals surface area contributed by atoms with Gasteiger partial charge in [-0.2, -0.15) is 0 Å². The molecule has 0 bridgehead atoms. The lowest BCUT2D eigenvalue weighted by Crippen LogP contribution is -2.26. The lowest BCUT2D eigenvalue weighted by Gasteiger charge is -2.18. The van der Waals surface area contributed by atoms with Gasteiger partial charge in [-0.05, 0) is 54.7 Å². The molecule has 3 aromatic rings. The Balaban J connectivity index is 1.34. The number of amides is 2. The molecule has 1 aliphatic rings. The molecule has 0 aliphatic heterocycles. The van der Waals surface area contributed by atoms with E-state index in [1.165, 1.54) is 11.1 Å². The zero-order valence-corrected chi connectivity index (χ0v) is 16.9. The maximum atomic E-state index is 12.6. The minimum absolute atomic E-state index is 0.0695. The minimum Gasteiger partial charge on any atom is -0.352 e. The van der Waals surface area contributed by atoms with Gasteiger partial charge in [0.2, 0.25) is 5.91 Å². The Hall–Kier alpha value is -3.40. The van der Waals surface area contributed by atoms with Crippen molar-refractivity contribution in [3.63, 3.8) is 0 Å². The van der Waals surface area contributed by atoms with Gasteiger partial charge in [-0.25, -0.2) is 0 Å². The van der Waals surface area contributed by atoms with Crippen molar-refractivity contribution in [2.24, 2.45) is 5.92 Å². The second kappa shape index (κ2) is 9.40. The molecule has 30 heavy (non-hydrogen) atoms. The molecule has 152 valence electrons. The molecule has 0 atom stereocenters. The summed E-state index contributed by atoms with van der Waals surface area (Å²) in [5.74, 6) is 0.359. The van der Waals surface area contributed by atoms with Crippen molar-refractivity contribution in [1.29, 1.82) is 0 Å². The summed E-state index contributed by atoms with van der Waals surface area (Å²) in [6.07, 6.45) is 2.76. The van der Waals surface area contributed by atoms with Crippen molar-refractivity contribution in [3.8, 4) is 0 Å². The van der Waals surface area contributed by atoms with Crippen LogP contribution in [0.2, 0.25) is 0 Å². The van der Waals surface area contributed by atoms with Gasteiger partial charge < -0.3 is 10.6 Å². The largest absolute Gasteiger partial charge is 0.352 e. The third kappa shape index (κ3) is 5.15. The maximum Gasteiger partial charge on any atom is 0.251 e. The average molecular weight is 399 g/mol. The Labute approximate surface area is 177 Å². The van der Waals surface area contributed by atoms with Gasteiger partial charge in [-0.1, -0.05) is 60.7 Å². The van der Waals surface area contributed by atoms with Crippen LogP contribution in [0.15, 0.2) is 84.9 Å². The Morgan fingerprint density at radius 2 is 1.37 bits per heavy atom. The Bertz CT molecular complexity index is 941. The van der Waals surface area contributed by atoms with E-state index in [4.69, 9.17) is 0 Å². The van der Waals surface area contributed by atoms with E-state index >= 15 is 0 Å². The molecule has 0 unspecified atom stereocenters. The summed E-state index contributed by atoms with van der Waals surface area (Å²) in [5, 5.41) is 5.92. The molecular formula is C26H26N2O2. The van der Waals surface area contributed by atoms with Crippen LogP contribution >= 0.6 is 0 Å². The lowest BCUT2D eigenvalue weighted by molar-refractivity contribution is -0.117. The van der Waals surface area contributed by atoms with Crippen LogP contribution < -0.4 is 10.6 Å². The zero-order valence-electron chi connectivity index (χ0n) is 16.9. The number of hydrogen-bond donors (Lipinski definition) is 2. The summed E-state index contributed by atoms with van der Waals surface area (Å²) < 4.78 is 0. The van der Waals surface area contributed by atoms with Crippen LogP contribution in [-0.2, 0) is 4.79 Å². The Kier molecular flexibility index (Phi) is 6.23. The predicted molar refractivity (Wildman–Crippen MR) is 119 cm³/mol. The van der Waals surface area contributed by atoms with E-state index in [1.807, 2.05) is 36.4 Å².